The van der Waals surface area contributed by atoms with Crippen molar-refractivity contribution in [2.75, 3.05) is 0 Å². The zero-order valence-electron chi connectivity index (χ0n) is 13.0. The van der Waals surface area contributed by atoms with Gasteiger partial charge in [0.05, 0.1) is 11.0 Å². The van der Waals surface area contributed by atoms with Crippen molar-refractivity contribution in [1.82, 2.24) is 4.57 Å². The Bertz CT molecular complexity index is 889. The Labute approximate surface area is 130 Å². The molecule has 0 N–H and O–H groups in total. The van der Waals surface area contributed by atoms with Gasteiger partial charge in [-0.1, -0.05) is 62.4 Å². The van der Waals surface area contributed by atoms with Crippen LogP contribution in [0.1, 0.15) is 25.3 Å². The smallest absolute Gasteiger partial charge is 0.0541 e. The maximum Gasteiger partial charge on any atom is 0.0541 e. The van der Waals surface area contributed by atoms with Crippen molar-refractivity contribution >= 4 is 21.8 Å². The van der Waals surface area contributed by atoms with Gasteiger partial charge >= 0.3 is 0 Å². The molecule has 108 valence electrons. The highest BCUT2D eigenvalue weighted by Crippen LogP contribution is 2.31. The molecule has 1 aromatic heterocycles. The lowest BCUT2D eigenvalue weighted by atomic mass is 10.0. The minimum absolute atomic E-state index is 0.562. The molecule has 0 bridgehead atoms. The molecule has 0 saturated heterocycles. The number of hydrogen-bond acceptors (Lipinski definition) is 0. The molecular weight excluding hydrogens is 266 g/mol. The standard InChI is InChI=1S/C21H19N/c1-15(2)16-11-13-17(14-12-16)22-20-9-5-3-7-18(20)19-8-4-6-10-21(19)22/h3-15H,1-2H3. The summed E-state index contributed by atoms with van der Waals surface area (Å²) in [6.07, 6.45) is 0. The Morgan fingerprint density at radius 1 is 0.636 bits per heavy atom. The molecule has 0 aliphatic carbocycles. The van der Waals surface area contributed by atoms with Gasteiger partial charge in [-0.3, -0.25) is 0 Å². The van der Waals surface area contributed by atoms with E-state index in [9.17, 15) is 0 Å². The number of para-hydroxylation sites is 2. The monoisotopic (exact) mass is 285 g/mol. The Morgan fingerprint density at radius 2 is 1.14 bits per heavy atom. The third kappa shape index (κ3) is 1.93. The lowest BCUT2D eigenvalue weighted by molar-refractivity contribution is 0.866. The fraction of sp³-hybridized carbons (Fsp3) is 0.143. The van der Waals surface area contributed by atoms with Gasteiger partial charge in [-0.15, -0.1) is 0 Å². The molecule has 0 spiro atoms. The predicted octanol–water partition coefficient (Wildman–Crippen LogP) is 5.91. The first-order valence-electron chi connectivity index (χ1n) is 7.84. The Kier molecular flexibility index (Phi) is 3.00. The van der Waals surface area contributed by atoms with Crippen molar-refractivity contribution in [2.24, 2.45) is 0 Å². The van der Waals surface area contributed by atoms with Crippen LogP contribution >= 0.6 is 0 Å². The normalized spacial score (nSPS) is 11.6. The minimum Gasteiger partial charge on any atom is -0.309 e. The van der Waals surface area contributed by atoms with Gasteiger partial charge in [0.1, 0.15) is 0 Å². The summed E-state index contributed by atoms with van der Waals surface area (Å²) in [5.41, 5.74) is 5.13. The Morgan fingerprint density at radius 3 is 1.64 bits per heavy atom. The average Bonchev–Trinajstić information content (AvgIpc) is 2.89. The molecule has 0 aliphatic rings. The highest BCUT2D eigenvalue weighted by atomic mass is 15.0. The van der Waals surface area contributed by atoms with Crippen LogP contribution in [-0.4, -0.2) is 4.57 Å². The van der Waals surface area contributed by atoms with Gasteiger partial charge in [0, 0.05) is 16.5 Å². The van der Waals surface area contributed by atoms with Crippen molar-refractivity contribution in [3.05, 3.63) is 78.4 Å². The summed E-state index contributed by atoms with van der Waals surface area (Å²) >= 11 is 0. The largest absolute Gasteiger partial charge is 0.309 e. The molecule has 1 heteroatoms. The van der Waals surface area contributed by atoms with E-state index in [0.717, 1.165) is 0 Å². The topological polar surface area (TPSA) is 4.93 Å². The molecule has 0 fully saturated rings. The van der Waals surface area contributed by atoms with Crippen molar-refractivity contribution in [2.45, 2.75) is 19.8 Å². The zero-order valence-corrected chi connectivity index (χ0v) is 13.0. The highest BCUT2D eigenvalue weighted by molar-refractivity contribution is 6.09. The van der Waals surface area contributed by atoms with Crippen molar-refractivity contribution in [1.29, 1.82) is 0 Å². The van der Waals surface area contributed by atoms with Crippen LogP contribution in [0.4, 0.5) is 0 Å². The fourth-order valence-electron chi connectivity index (χ4n) is 3.21. The second-order valence-electron chi connectivity index (χ2n) is 6.12. The van der Waals surface area contributed by atoms with E-state index in [1.807, 2.05) is 0 Å². The van der Waals surface area contributed by atoms with Crippen molar-refractivity contribution in [3.8, 4) is 5.69 Å². The van der Waals surface area contributed by atoms with Crippen LogP contribution in [0.3, 0.4) is 0 Å². The number of hydrogen-bond donors (Lipinski definition) is 0. The number of rotatable bonds is 2. The van der Waals surface area contributed by atoms with Crippen molar-refractivity contribution in [3.63, 3.8) is 0 Å². The Balaban J connectivity index is 2.04. The number of benzene rings is 3. The molecule has 22 heavy (non-hydrogen) atoms. The number of nitrogens with zero attached hydrogens (tertiary/aromatic N) is 1. The first-order valence-corrected chi connectivity index (χ1v) is 7.84. The number of aromatic nitrogens is 1. The SMILES string of the molecule is CC(C)c1ccc(-n2c3ccccc3c3ccccc32)cc1. The molecule has 4 rings (SSSR count). The van der Waals surface area contributed by atoms with E-state index in [1.54, 1.807) is 0 Å². The van der Waals surface area contributed by atoms with Gasteiger partial charge in [0.15, 0.2) is 0 Å². The third-order valence-electron chi connectivity index (χ3n) is 4.40. The zero-order chi connectivity index (χ0) is 15.1. The van der Waals surface area contributed by atoms with E-state index in [2.05, 4.69) is 91.2 Å². The van der Waals surface area contributed by atoms with Gasteiger partial charge in [-0.05, 0) is 35.7 Å². The molecule has 0 saturated carbocycles. The Hall–Kier alpha value is -2.54. The van der Waals surface area contributed by atoms with Crippen LogP contribution in [0.15, 0.2) is 72.8 Å². The maximum atomic E-state index is 2.36. The van der Waals surface area contributed by atoms with Gasteiger partial charge < -0.3 is 4.57 Å². The number of fused-ring (bicyclic) bond motifs is 3. The van der Waals surface area contributed by atoms with E-state index < -0.39 is 0 Å². The predicted molar refractivity (Wildman–Crippen MR) is 94.9 cm³/mol. The second kappa shape index (κ2) is 5.03. The van der Waals surface area contributed by atoms with E-state index in [1.165, 1.54) is 33.1 Å². The lowest BCUT2D eigenvalue weighted by Crippen LogP contribution is -1.95. The van der Waals surface area contributed by atoms with Gasteiger partial charge in [-0.2, -0.15) is 0 Å². The maximum absolute atomic E-state index is 2.36. The third-order valence-corrected chi connectivity index (χ3v) is 4.40. The minimum atomic E-state index is 0.562. The average molecular weight is 285 g/mol. The molecule has 0 aliphatic heterocycles. The van der Waals surface area contributed by atoms with Gasteiger partial charge in [-0.25, -0.2) is 0 Å². The summed E-state index contributed by atoms with van der Waals surface area (Å²) in [6.45, 7) is 4.46. The summed E-state index contributed by atoms with van der Waals surface area (Å²) < 4.78 is 2.36. The van der Waals surface area contributed by atoms with Crippen LogP contribution in [0.2, 0.25) is 0 Å². The molecule has 0 atom stereocenters. The summed E-state index contributed by atoms with van der Waals surface area (Å²) in [5.74, 6) is 0.562. The first kappa shape index (κ1) is 13.1. The van der Waals surface area contributed by atoms with Crippen LogP contribution in [0, 0.1) is 0 Å². The van der Waals surface area contributed by atoms with E-state index >= 15 is 0 Å². The summed E-state index contributed by atoms with van der Waals surface area (Å²) in [5, 5.41) is 2.62. The van der Waals surface area contributed by atoms with Crippen molar-refractivity contribution < 1.29 is 0 Å². The van der Waals surface area contributed by atoms with Gasteiger partial charge in [0.2, 0.25) is 0 Å². The molecule has 0 radical (unpaired) electrons. The summed E-state index contributed by atoms with van der Waals surface area (Å²) in [7, 11) is 0. The highest BCUT2D eigenvalue weighted by Gasteiger charge is 2.11. The molecular formula is C21H19N. The fourth-order valence-corrected chi connectivity index (χ4v) is 3.21. The van der Waals surface area contributed by atoms with Crippen LogP contribution < -0.4 is 0 Å². The summed E-state index contributed by atoms with van der Waals surface area (Å²) in [4.78, 5) is 0. The summed E-state index contributed by atoms with van der Waals surface area (Å²) in [6, 6.07) is 26.2. The molecule has 0 amide bonds. The van der Waals surface area contributed by atoms with E-state index in [0.29, 0.717) is 5.92 Å². The van der Waals surface area contributed by atoms with Crippen LogP contribution in [-0.2, 0) is 0 Å². The molecule has 1 nitrogen and oxygen atoms in total. The quantitative estimate of drug-likeness (QED) is 0.431. The molecule has 4 aromatic rings. The van der Waals surface area contributed by atoms with E-state index in [4.69, 9.17) is 0 Å². The van der Waals surface area contributed by atoms with Gasteiger partial charge in [0.25, 0.3) is 0 Å². The second-order valence-corrected chi connectivity index (χ2v) is 6.12. The lowest BCUT2D eigenvalue weighted by Gasteiger charge is -2.10. The van der Waals surface area contributed by atoms with Crippen LogP contribution in [0.25, 0.3) is 27.5 Å². The molecule has 1 heterocycles. The molecule has 3 aromatic carbocycles. The van der Waals surface area contributed by atoms with E-state index in [-0.39, 0.29) is 0 Å². The molecule has 0 unspecified atom stereocenters. The first-order chi connectivity index (χ1) is 10.8. The van der Waals surface area contributed by atoms with Crippen LogP contribution in [0.5, 0.6) is 0 Å².